The standard InChI is InChI=1S/C25H20F3N7O2S/c1-3-35-10-15(11(2)34-35)14-8-17(22(27)28)30-25-19(14)20(21(38-25)23(29)36)31-24(37)18-9-16(32-33-18)12-4-6-13(26)7-5-12/h4-10,22H,3H2,1-2H3,(H2,29,36)(H,31,37)(H,32,33). The molecule has 0 bridgehead atoms. The minimum atomic E-state index is -2.87. The number of aromatic amines is 1. The Labute approximate surface area is 217 Å². The Morgan fingerprint density at radius 1 is 1.18 bits per heavy atom. The zero-order chi connectivity index (χ0) is 27.1. The average molecular weight is 540 g/mol. The van der Waals surface area contributed by atoms with Crippen LogP contribution in [0, 0.1) is 12.7 Å². The molecule has 2 amide bonds. The maximum absolute atomic E-state index is 13.8. The smallest absolute Gasteiger partial charge is 0.280 e. The maximum atomic E-state index is 13.8. The summed E-state index contributed by atoms with van der Waals surface area (Å²) in [4.78, 5) is 29.7. The predicted molar refractivity (Wildman–Crippen MR) is 137 cm³/mol. The quantitative estimate of drug-likeness (QED) is 0.258. The SMILES string of the molecule is CCn1cc(-c2cc(C(F)F)nc3sc(C(N)=O)c(NC(=O)c4cc(-c5ccc(F)cc5)n[nH]4)c23)c(C)n1. The number of benzene rings is 1. The lowest BCUT2D eigenvalue weighted by Gasteiger charge is -2.10. The molecule has 0 saturated carbocycles. The summed E-state index contributed by atoms with van der Waals surface area (Å²) in [5.41, 5.74) is 7.64. The van der Waals surface area contributed by atoms with Gasteiger partial charge in [-0.05, 0) is 55.8 Å². The molecule has 13 heteroatoms. The van der Waals surface area contributed by atoms with Crippen molar-refractivity contribution < 1.29 is 22.8 Å². The summed E-state index contributed by atoms with van der Waals surface area (Å²) in [6.07, 6.45) is -1.16. The third kappa shape index (κ3) is 4.52. The summed E-state index contributed by atoms with van der Waals surface area (Å²) in [7, 11) is 0. The van der Waals surface area contributed by atoms with E-state index >= 15 is 0 Å². The van der Waals surface area contributed by atoms with E-state index in [-0.39, 0.29) is 21.1 Å². The van der Waals surface area contributed by atoms with E-state index < -0.39 is 29.8 Å². The van der Waals surface area contributed by atoms with Crippen LogP contribution in [0.1, 0.15) is 44.9 Å². The van der Waals surface area contributed by atoms with Crippen LogP contribution in [0.5, 0.6) is 0 Å². The Morgan fingerprint density at radius 2 is 1.92 bits per heavy atom. The zero-order valence-electron chi connectivity index (χ0n) is 20.1. The monoisotopic (exact) mass is 539 g/mol. The third-order valence-electron chi connectivity index (χ3n) is 5.89. The number of hydrogen-bond acceptors (Lipinski definition) is 6. The molecule has 38 heavy (non-hydrogen) atoms. The van der Waals surface area contributed by atoms with Crippen LogP contribution in [0.25, 0.3) is 32.6 Å². The first kappa shape index (κ1) is 25.1. The van der Waals surface area contributed by atoms with Gasteiger partial charge in [0.2, 0.25) is 0 Å². The number of H-pyrrole nitrogens is 1. The number of pyridine rings is 1. The lowest BCUT2D eigenvalue weighted by atomic mass is 10.0. The minimum Gasteiger partial charge on any atom is -0.365 e. The van der Waals surface area contributed by atoms with Crippen molar-refractivity contribution in [3.05, 3.63) is 70.4 Å². The summed E-state index contributed by atoms with van der Waals surface area (Å²) < 4.78 is 42.4. The molecule has 5 aromatic rings. The molecule has 4 N–H and O–H groups in total. The summed E-state index contributed by atoms with van der Waals surface area (Å²) in [5, 5.41) is 14.1. The summed E-state index contributed by atoms with van der Waals surface area (Å²) in [5.74, 6) is -1.92. The Kier molecular flexibility index (Phi) is 6.45. The number of carbonyl (C=O) groups excluding carboxylic acids is 2. The van der Waals surface area contributed by atoms with Gasteiger partial charge < -0.3 is 11.1 Å². The van der Waals surface area contributed by atoms with Crippen molar-refractivity contribution >= 4 is 39.1 Å². The van der Waals surface area contributed by atoms with Crippen molar-refractivity contribution in [1.29, 1.82) is 0 Å². The number of nitrogens with zero attached hydrogens (tertiary/aromatic N) is 4. The Bertz CT molecular complexity index is 1690. The van der Waals surface area contributed by atoms with E-state index in [1.807, 2.05) is 6.92 Å². The normalized spacial score (nSPS) is 11.4. The number of rotatable bonds is 7. The van der Waals surface area contributed by atoms with E-state index in [1.54, 1.807) is 17.8 Å². The van der Waals surface area contributed by atoms with Gasteiger partial charge in [0.1, 0.15) is 26.9 Å². The highest BCUT2D eigenvalue weighted by Gasteiger charge is 2.27. The molecule has 9 nitrogen and oxygen atoms in total. The van der Waals surface area contributed by atoms with Gasteiger partial charge in [0.05, 0.1) is 17.1 Å². The van der Waals surface area contributed by atoms with E-state index in [2.05, 4.69) is 25.6 Å². The Hall–Kier alpha value is -4.52. The topological polar surface area (TPSA) is 132 Å². The highest BCUT2D eigenvalue weighted by atomic mass is 32.1. The molecule has 0 unspecified atom stereocenters. The average Bonchev–Trinajstić information content (AvgIpc) is 3.61. The molecule has 194 valence electrons. The molecule has 0 radical (unpaired) electrons. The number of nitrogens with one attached hydrogen (secondary N) is 2. The van der Waals surface area contributed by atoms with E-state index in [0.717, 1.165) is 11.3 Å². The van der Waals surface area contributed by atoms with Gasteiger partial charge in [-0.15, -0.1) is 11.3 Å². The molecule has 0 saturated heterocycles. The molecule has 0 spiro atoms. The molecule has 0 fully saturated rings. The van der Waals surface area contributed by atoms with Crippen LogP contribution in [0.2, 0.25) is 0 Å². The maximum Gasteiger partial charge on any atom is 0.280 e. The number of hydrogen-bond donors (Lipinski definition) is 3. The lowest BCUT2D eigenvalue weighted by molar-refractivity contribution is 0.100. The number of fused-ring (bicyclic) bond motifs is 1. The van der Waals surface area contributed by atoms with Crippen molar-refractivity contribution in [1.82, 2.24) is 25.0 Å². The van der Waals surface area contributed by atoms with Crippen LogP contribution in [-0.4, -0.2) is 36.8 Å². The fraction of sp³-hybridized carbons (Fsp3) is 0.160. The number of alkyl halides is 2. The van der Waals surface area contributed by atoms with Crippen LogP contribution >= 0.6 is 11.3 Å². The van der Waals surface area contributed by atoms with Crippen molar-refractivity contribution in [3.8, 4) is 22.4 Å². The van der Waals surface area contributed by atoms with Crippen molar-refractivity contribution in [2.75, 3.05) is 5.32 Å². The second-order valence-corrected chi connectivity index (χ2v) is 9.36. The van der Waals surface area contributed by atoms with Crippen molar-refractivity contribution in [2.45, 2.75) is 26.8 Å². The number of carbonyl (C=O) groups is 2. The summed E-state index contributed by atoms with van der Waals surface area (Å²) in [6.45, 7) is 4.17. The number of anilines is 1. The van der Waals surface area contributed by atoms with Crippen LogP contribution in [0.15, 0.2) is 42.6 Å². The molecular weight excluding hydrogens is 519 g/mol. The van der Waals surface area contributed by atoms with Gasteiger partial charge in [-0.1, -0.05) is 0 Å². The molecule has 4 aromatic heterocycles. The minimum absolute atomic E-state index is 0.0485. The highest BCUT2D eigenvalue weighted by Crippen LogP contribution is 2.43. The largest absolute Gasteiger partial charge is 0.365 e. The van der Waals surface area contributed by atoms with Crippen molar-refractivity contribution in [2.24, 2.45) is 5.73 Å². The molecule has 0 aliphatic carbocycles. The number of nitrogens with two attached hydrogens (primary N) is 1. The molecule has 0 aliphatic rings. The van der Waals surface area contributed by atoms with Gasteiger partial charge >= 0.3 is 0 Å². The van der Waals surface area contributed by atoms with Gasteiger partial charge in [0, 0.05) is 29.3 Å². The number of aryl methyl sites for hydroxylation is 2. The van der Waals surface area contributed by atoms with Gasteiger partial charge in [-0.2, -0.15) is 10.2 Å². The van der Waals surface area contributed by atoms with E-state index in [4.69, 9.17) is 5.73 Å². The first-order chi connectivity index (χ1) is 18.2. The summed E-state index contributed by atoms with van der Waals surface area (Å²) >= 11 is 0.809. The van der Waals surface area contributed by atoms with Crippen molar-refractivity contribution in [3.63, 3.8) is 0 Å². The first-order valence-corrected chi connectivity index (χ1v) is 12.2. The molecule has 0 atom stereocenters. The number of halogens is 3. The van der Waals surface area contributed by atoms with Gasteiger partial charge in [0.25, 0.3) is 18.2 Å². The molecular formula is C25H20F3N7O2S. The van der Waals surface area contributed by atoms with Gasteiger partial charge in [0.15, 0.2) is 0 Å². The molecule has 1 aromatic carbocycles. The number of amides is 2. The highest BCUT2D eigenvalue weighted by molar-refractivity contribution is 7.21. The second kappa shape index (κ2) is 9.74. The fourth-order valence-corrected chi connectivity index (χ4v) is 5.08. The molecule has 5 rings (SSSR count). The number of thiophene rings is 1. The van der Waals surface area contributed by atoms with Gasteiger partial charge in [-0.3, -0.25) is 19.4 Å². The molecule has 0 aliphatic heterocycles. The summed E-state index contributed by atoms with van der Waals surface area (Å²) in [6, 6.07) is 8.26. The van der Waals surface area contributed by atoms with Crippen LogP contribution in [-0.2, 0) is 6.54 Å². The fourth-order valence-electron chi connectivity index (χ4n) is 4.07. The third-order valence-corrected chi connectivity index (χ3v) is 6.99. The lowest BCUT2D eigenvalue weighted by Crippen LogP contribution is -2.17. The van der Waals surface area contributed by atoms with Crippen LogP contribution < -0.4 is 11.1 Å². The first-order valence-electron chi connectivity index (χ1n) is 11.4. The Balaban J connectivity index is 1.63. The predicted octanol–water partition coefficient (Wildman–Crippen LogP) is 5.31. The van der Waals surface area contributed by atoms with Crippen LogP contribution in [0.3, 0.4) is 0 Å². The number of primary amides is 1. The zero-order valence-corrected chi connectivity index (χ0v) is 20.9. The second-order valence-electron chi connectivity index (χ2n) is 8.36. The molecule has 4 heterocycles. The van der Waals surface area contributed by atoms with E-state index in [0.29, 0.717) is 40.0 Å². The van der Waals surface area contributed by atoms with E-state index in [1.165, 1.54) is 36.4 Å². The van der Waals surface area contributed by atoms with E-state index in [9.17, 15) is 22.8 Å². The number of aromatic nitrogens is 5. The Morgan fingerprint density at radius 3 is 2.55 bits per heavy atom. The van der Waals surface area contributed by atoms with Crippen LogP contribution in [0.4, 0.5) is 18.9 Å². The van der Waals surface area contributed by atoms with Gasteiger partial charge in [-0.25, -0.2) is 18.2 Å².